The summed E-state index contributed by atoms with van der Waals surface area (Å²) in [4.78, 5) is 17.3. The van der Waals surface area contributed by atoms with E-state index in [0.29, 0.717) is 6.54 Å². The first-order chi connectivity index (χ1) is 12.0. The molecule has 1 aromatic heterocycles. The van der Waals surface area contributed by atoms with E-state index < -0.39 is 5.97 Å². The van der Waals surface area contributed by atoms with E-state index in [-0.39, 0.29) is 12.0 Å². The Morgan fingerprint density at radius 3 is 2.56 bits per heavy atom. The monoisotopic (exact) mass is 358 g/mol. The summed E-state index contributed by atoms with van der Waals surface area (Å²) in [6.45, 7) is 3.71. The van der Waals surface area contributed by atoms with Crippen molar-refractivity contribution in [2.24, 2.45) is 5.92 Å². The van der Waals surface area contributed by atoms with Gasteiger partial charge in [-0.15, -0.1) is 11.3 Å². The van der Waals surface area contributed by atoms with Gasteiger partial charge in [0.25, 0.3) is 0 Å². The largest absolute Gasteiger partial charge is 0.481 e. The minimum Gasteiger partial charge on any atom is -0.481 e. The molecule has 1 aliphatic heterocycles. The van der Waals surface area contributed by atoms with E-state index in [1.54, 1.807) is 11.3 Å². The highest BCUT2D eigenvalue weighted by Crippen LogP contribution is 2.37. The predicted molar refractivity (Wildman–Crippen MR) is 104 cm³/mol. The summed E-state index contributed by atoms with van der Waals surface area (Å²) in [6, 6.07) is 10.9. The van der Waals surface area contributed by atoms with Crippen LogP contribution in [0.5, 0.6) is 0 Å². The third-order valence-corrected chi connectivity index (χ3v) is 6.11. The van der Waals surface area contributed by atoms with Crippen molar-refractivity contribution in [3.8, 4) is 0 Å². The molecule has 0 radical (unpaired) electrons. The van der Waals surface area contributed by atoms with Crippen LogP contribution >= 0.6 is 11.3 Å². The van der Waals surface area contributed by atoms with Gasteiger partial charge in [-0.3, -0.25) is 9.69 Å². The highest BCUT2D eigenvalue weighted by atomic mass is 32.1. The molecule has 0 amide bonds. The van der Waals surface area contributed by atoms with Gasteiger partial charge in [-0.25, -0.2) is 0 Å². The lowest BCUT2D eigenvalue weighted by Gasteiger charge is -2.37. The van der Waals surface area contributed by atoms with Crippen LogP contribution in [0.3, 0.4) is 0 Å². The van der Waals surface area contributed by atoms with Gasteiger partial charge in [0, 0.05) is 31.2 Å². The number of carbonyl (C=O) groups is 1. The zero-order chi connectivity index (χ0) is 18.0. The van der Waals surface area contributed by atoms with Crippen LogP contribution in [0.1, 0.15) is 34.9 Å². The highest BCUT2D eigenvalue weighted by Gasteiger charge is 2.32. The molecular formula is C20H26N2O2S. The van der Waals surface area contributed by atoms with Crippen LogP contribution in [0.25, 0.3) is 0 Å². The van der Waals surface area contributed by atoms with Crippen LogP contribution in [0.4, 0.5) is 5.69 Å². The molecule has 0 bridgehead atoms. The number of anilines is 1. The quantitative estimate of drug-likeness (QED) is 0.877. The summed E-state index contributed by atoms with van der Waals surface area (Å²) in [5, 5.41) is 11.6. The average molecular weight is 359 g/mol. The van der Waals surface area contributed by atoms with Crippen LogP contribution in [-0.4, -0.2) is 43.2 Å². The van der Waals surface area contributed by atoms with Gasteiger partial charge in [0.2, 0.25) is 0 Å². The molecule has 1 aromatic carbocycles. The summed E-state index contributed by atoms with van der Waals surface area (Å²) in [7, 11) is 4.08. The van der Waals surface area contributed by atoms with E-state index in [4.69, 9.17) is 0 Å². The number of rotatable bonds is 5. The molecular weight excluding hydrogens is 332 g/mol. The molecule has 0 spiro atoms. The molecule has 134 valence electrons. The fraction of sp³-hybridized carbons (Fsp3) is 0.450. The third-order valence-electron chi connectivity index (χ3n) is 5.04. The molecule has 1 fully saturated rings. The lowest BCUT2D eigenvalue weighted by molar-refractivity contribution is -0.143. The molecule has 2 unspecified atom stereocenters. The van der Waals surface area contributed by atoms with E-state index >= 15 is 0 Å². The molecule has 0 aliphatic carbocycles. The normalized spacial score (nSPS) is 19.6. The number of carboxylic acids is 1. The number of carboxylic acid groups (broad SMARTS) is 1. The van der Waals surface area contributed by atoms with E-state index in [9.17, 15) is 9.90 Å². The molecule has 1 N–H and O–H groups in total. The van der Waals surface area contributed by atoms with Gasteiger partial charge in [0.05, 0.1) is 12.0 Å². The van der Waals surface area contributed by atoms with Crippen molar-refractivity contribution in [3.05, 3.63) is 51.7 Å². The van der Waals surface area contributed by atoms with Gasteiger partial charge < -0.3 is 10.0 Å². The minimum absolute atomic E-state index is 0.137. The standard InChI is InChI=1S/C20H26N2O2S/c1-14-10-12-25-19(14)18(15-6-8-17(9-7-15)21(2)3)22-11-4-5-16(13-22)20(23)24/h6-10,12,16,18H,4-5,11,13H2,1-3H3,(H,23,24). The minimum atomic E-state index is -0.672. The summed E-state index contributed by atoms with van der Waals surface area (Å²) in [5.41, 5.74) is 3.69. The first-order valence-electron chi connectivity index (χ1n) is 8.75. The number of hydrogen-bond donors (Lipinski definition) is 1. The van der Waals surface area contributed by atoms with E-state index in [0.717, 1.165) is 19.4 Å². The molecule has 4 nitrogen and oxygen atoms in total. The fourth-order valence-electron chi connectivity index (χ4n) is 3.59. The summed E-state index contributed by atoms with van der Waals surface area (Å²) in [6.07, 6.45) is 1.72. The Balaban J connectivity index is 1.96. The Bertz CT molecular complexity index is 724. The van der Waals surface area contributed by atoms with Crippen LogP contribution in [0, 0.1) is 12.8 Å². The lowest BCUT2D eigenvalue weighted by atomic mass is 9.93. The zero-order valence-corrected chi connectivity index (χ0v) is 15.9. The van der Waals surface area contributed by atoms with E-state index in [1.807, 2.05) is 14.1 Å². The summed E-state index contributed by atoms with van der Waals surface area (Å²) in [5.74, 6) is -0.938. The van der Waals surface area contributed by atoms with E-state index in [2.05, 4.69) is 52.4 Å². The number of aliphatic carboxylic acids is 1. The number of aryl methyl sites for hydroxylation is 1. The average Bonchev–Trinajstić information content (AvgIpc) is 3.02. The van der Waals surface area contributed by atoms with Gasteiger partial charge in [-0.2, -0.15) is 0 Å². The maximum absolute atomic E-state index is 11.5. The topological polar surface area (TPSA) is 43.8 Å². The Morgan fingerprint density at radius 1 is 1.28 bits per heavy atom. The second-order valence-electron chi connectivity index (χ2n) is 7.03. The number of thiophene rings is 1. The van der Waals surface area contributed by atoms with Crippen molar-refractivity contribution in [2.75, 3.05) is 32.1 Å². The Labute approximate surface area is 153 Å². The molecule has 1 aliphatic rings. The van der Waals surface area contributed by atoms with Gasteiger partial charge in [-0.05, 0) is 61.0 Å². The third kappa shape index (κ3) is 3.88. The molecule has 2 atom stereocenters. The molecule has 1 saturated heterocycles. The molecule has 2 aromatic rings. The summed E-state index contributed by atoms with van der Waals surface area (Å²) >= 11 is 1.77. The maximum Gasteiger partial charge on any atom is 0.307 e. The molecule has 3 rings (SSSR count). The predicted octanol–water partition coefficient (Wildman–Crippen LogP) is 4.01. The number of likely N-dealkylation sites (tertiary alicyclic amines) is 1. The Kier molecular flexibility index (Phi) is 5.45. The van der Waals surface area contributed by atoms with Crippen molar-refractivity contribution in [1.82, 2.24) is 4.90 Å². The van der Waals surface area contributed by atoms with Crippen LogP contribution < -0.4 is 4.90 Å². The second kappa shape index (κ2) is 7.58. The maximum atomic E-state index is 11.5. The van der Waals surface area contributed by atoms with Crippen molar-refractivity contribution in [3.63, 3.8) is 0 Å². The molecule has 25 heavy (non-hydrogen) atoms. The van der Waals surface area contributed by atoms with Crippen molar-refractivity contribution >= 4 is 23.0 Å². The summed E-state index contributed by atoms with van der Waals surface area (Å²) < 4.78 is 0. The number of benzene rings is 1. The first-order valence-corrected chi connectivity index (χ1v) is 9.63. The van der Waals surface area contributed by atoms with Crippen LogP contribution in [-0.2, 0) is 4.79 Å². The van der Waals surface area contributed by atoms with Crippen LogP contribution in [0.15, 0.2) is 35.7 Å². The van der Waals surface area contributed by atoms with Gasteiger partial charge >= 0.3 is 5.97 Å². The Hall–Kier alpha value is -1.85. The van der Waals surface area contributed by atoms with E-state index in [1.165, 1.54) is 21.7 Å². The SMILES string of the molecule is Cc1ccsc1C(c1ccc(N(C)C)cc1)N1CCCC(C(=O)O)C1. The van der Waals surface area contributed by atoms with Crippen LogP contribution in [0.2, 0.25) is 0 Å². The molecule has 0 saturated carbocycles. The number of nitrogens with zero attached hydrogens (tertiary/aromatic N) is 2. The second-order valence-corrected chi connectivity index (χ2v) is 7.98. The zero-order valence-electron chi connectivity index (χ0n) is 15.1. The molecule has 2 heterocycles. The lowest BCUT2D eigenvalue weighted by Crippen LogP contribution is -2.41. The van der Waals surface area contributed by atoms with Gasteiger partial charge in [0.1, 0.15) is 0 Å². The van der Waals surface area contributed by atoms with Gasteiger partial charge in [0.15, 0.2) is 0 Å². The smallest absolute Gasteiger partial charge is 0.307 e. The fourth-order valence-corrected chi connectivity index (χ4v) is 4.68. The number of piperidine rings is 1. The highest BCUT2D eigenvalue weighted by molar-refractivity contribution is 7.10. The van der Waals surface area contributed by atoms with Crippen molar-refractivity contribution in [2.45, 2.75) is 25.8 Å². The first kappa shape index (κ1) is 18.0. The van der Waals surface area contributed by atoms with Crippen molar-refractivity contribution < 1.29 is 9.90 Å². The Morgan fingerprint density at radius 2 is 2.00 bits per heavy atom. The molecule has 5 heteroatoms. The number of hydrogen-bond acceptors (Lipinski definition) is 4. The van der Waals surface area contributed by atoms with Gasteiger partial charge in [-0.1, -0.05) is 12.1 Å². The van der Waals surface area contributed by atoms with Crippen molar-refractivity contribution in [1.29, 1.82) is 0 Å².